The Morgan fingerprint density at radius 1 is 1.19 bits per heavy atom. The van der Waals surface area contributed by atoms with Crippen LogP contribution in [-0.2, 0) is 25.6 Å². The molecule has 3 N–H and O–H groups in total. The van der Waals surface area contributed by atoms with E-state index in [-0.39, 0.29) is 13.2 Å². The molecule has 0 radical (unpaired) electrons. The molecule has 8 heteroatoms. The number of ether oxygens (including phenoxy) is 3. The Morgan fingerprint density at radius 3 is 2.37 bits per heavy atom. The average molecular weight is 383 g/mol. The first-order chi connectivity index (χ1) is 12.6. The molecule has 0 aliphatic heterocycles. The molecule has 1 aromatic carbocycles. The number of alkyl carbamates (subject to hydrolysis) is 1. The van der Waals surface area contributed by atoms with Gasteiger partial charge < -0.3 is 29.7 Å². The summed E-state index contributed by atoms with van der Waals surface area (Å²) in [6.45, 7) is 6.09. The largest absolute Gasteiger partial charge is 0.458 e. The second-order valence-corrected chi connectivity index (χ2v) is 7.09. The van der Waals surface area contributed by atoms with Crippen molar-refractivity contribution in [2.24, 2.45) is 0 Å². The van der Waals surface area contributed by atoms with E-state index in [1.165, 1.54) is 6.92 Å². The van der Waals surface area contributed by atoms with Crippen LogP contribution in [-0.4, -0.2) is 59.3 Å². The van der Waals surface area contributed by atoms with Crippen LogP contribution in [0.3, 0.4) is 0 Å². The second kappa shape index (κ2) is 10.9. The van der Waals surface area contributed by atoms with Gasteiger partial charge in [0.15, 0.2) is 6.04 Å². The molecule has 1 aromatic rings. The Morgan fingerprint density at radius 2 is 1.81 bits per heavy atom. The van der Waals surface area contributed by atoms with Gasteiger partial charge in [0.25, 0.3) is 0 Å². The van der Waals surface area contributed by atoms with Crippen LogP contribution >= 0.6 is 0 Å². The monoisotopic (exact) mass is 383 g/mol. The second-order valence-electron chi connectivity index (χ2n) is 7.09. The molecular formula is C19H29NO7. The lowest BCUT2D eigenvalue weighted by atomic mass is 10.2. The standard InChI is InChI=1S/C19H29NO7/c1-13(16(22)10-21)26-17(23)15(20-18(24)27-19(2,3)4)12-25-11-14-8-6-5-7-9-14/h5-9,13,15-16,21-22H,10-12H2,1-4H3,(H,20,24)/t13-,15-,16+/m0/s1. The van der Waals surface area contributed by atoms with Gasteiger partial charge in [-0.2, -0.15) is 0 Å². The molecule has 3 atom stereocenters. The molecule has 0 saturated carbocycles. The molecule has 0 aliphatic rings. The number of amides is 1. The number of aliphatic hydroxyl groups excluding tert-OH is 2. The van der Waals surface area contributed by atoms with Gasteiger partial charge in [-0.3, -0.25) is 0 Å². The van der Waals surface area contributed by atoms with E-state index < -0.39 is 42.5 Å². The quantitative estimate of drug-likeness (QED) is 0.552. The van der Waals surface area contributed by atoms with E-state index in [0.29, 0.717) is 0 Å². The van der Waals surface area contributed by atoms with Gasteiger partial charge in [-0.05, 0) is 33.3 Å². The molecule has 27 heavy (non-hydrogen) atoms. The molecule has 8 nitrogen and oxygen atoms in total. The van der Waals surface area contributed by atoms with Crippen LogP contribution in [0, 0.1) is 0 Å². The fraction of sp³-hybridized carbons (Fsp3) is 0.579. The summed E-state index contributed by atoms with van der Waals surface area (Å²) in [6, 6.07) is 8.21. The molecule has 0 aliphatic carbocycles. The number of benzene rings is 1. The van der Waals surface area contributed by atoms with Crippen LogP contribution in [0.1, 0.15) is 33.3 Å². The molecule has 0 aromatic heterocycles. The van der Waals surface area contributed by atoms with E-state index in [2.05, 4.69) is 5.32 Å². The first-order valence-electron chi connectivity index (χ1n) is 8.73. The van der Waals surface area contributed by atoms with Crippen molar-refractivity contribution >= 4 is 12.1 Å². The maximum absolute atomic E-state index is 12.4. The first-order valence-corrected chi connectivity index (χ1v) is 8.73. The lowest BCUT2D eigenvalue weighted by Crippen LogP contribution is -2.48. The van der Waals surface area contributed by atoms with E-state index >= 15 is 0 Å². The van der Waals surface area contributed by atoms with E-state index in [1.54, 1.807) is 20.8 Å². The number of nitrogens with one attached hydrogen (secondary N) is 1. The third kappa shape index (κ3) is 9.37. The lowest BCUT2D eigenvalue weighted by Gasteiger charge is -2.24. The van der Waals surface area contributed by atoms with Gasteiger partial charge in [0.2, 0.25) is 0 Å². The maximum atomic E-state index is 12.4. The Labute approximate surface area is 159 Å². The summed E-state index contributed by atoms with van der Waals surface area (Å²) >= 11 is 0. The van der Waals surface area contributed by atoms with Gasteiger partial charge in [-0.1, -0.05) is 30.3 Å². The zero-order chi connectivity index (χ0) is 20.4. The SMILES string of the molecule is C[C@H](OC(=O)[C@H](COCc1ccccc1)NC(=O)OC(C)(C)C)[C@H](O)CO. The molecule has 0 bridgehead atoms. The predicted octanol–water partition coefficient (Wildman–Crippen LogP) is 1.38. The van der Waals surface area contributed by atoms with Crippen molar-refractivity contribution in [1.82, 2.24) is 5.32 Å². The van der Waals surface area contributed by atoms with Crippen LogP contribution < -0.4 is 5.32 Å². The Hall–Kier alpha value is -2.16. The molecule has 1 amide bonds. The summed E-state index contributed by atoms with van der Waals surface area (Å²) in [4.78, 5) is 24.3. The predicted molar refractivity (Wildman–Crippen MR) is 97.9 cm³/mol. The van der Waals surface area contributed by atoms with Crippen molar-refractivity contribution in [2.75, 3.05) is 13.2 Å². The third-order valence-corrected chi connectivity index (χ3v) is 3.40. The molecule has 152 valence electrons. The van der Waals surface area contributed by atoms with Gasteiger partial charge in [0.05, 0.1) is 19.8 Å². The van der Waals surface area contributed by atoms with Crippen LogP contribution in [0.25, 0.3) is 0 Å². The minimum absolute atomic E-state index is 0.144. The van der Waals surface area contributed by atoms with Gasteiger partial charge in [-0.25, -0.2) is 9.59 Å². The maximum Gasteiger partial charge on any atom is 0.408 e. The fourth-order valence-electron chi connectivity index (χ4n) is 1.98. The molecule has 0 spiro atoms. The van der Waals surface area contributed by atoms with Gasteiger partial charge >= 0.3 is 12.1 Å². The fourth-order valence-corrected chi connectivity index (χ4v) is 1.98. The Balaban J connectivity index is 2.69. The lowest BCUT2D eigenvalue weighted by molar-refractivity contribution is -0.159. The van der Waals surface area contributed by atoms with Gasteiger partial charge in [0.1, 0.15) is 17.8 Å². The van der Waals surface area contributed by atoms with Crippen molar-refractivity contribution in [2.45, 2.75) is 58.2 Å². The number of aliphatic hydroxyl groups is 2. The third-order valence-electron chi connectivity index (χ3n) is 3.40. The number of carbonyl (C=O) groups is 2. The highest BCUT2D eigenvalue weighted by Gasteiger charge is 2.28. The van der Waals surface area contributed by atoms with Crippen molar-refractivity contribution in [3.8, 4) is 0 Å². The van der Waals surface area contributed by atoms with Gasteiger partial charge in [-0.15, -0.1) is 0 Å². The number of rotatable bonds is 9. The van der Waals surface area contributed by atoms with Crippen molar-refractivity contribution < 1.29 is 34.0 Å². The molecule has 0 heterocycles. The van der Waals surface area contributed by atoms with Crippen LogP contribution in [0.2, 0.25) is 0 Å². The van der Waals surface area contributed by atoms with Crippen molar-refractivity contribution in [1.29, 1.82) is 0 Å². The van der Waals surface area contributed by atoms with Crippen LogP contribution in [0.15, 0.2) is 30.3 Å². The average Bonchev–Trinajstić information content (AvgIpc) is 2.59. The van der Waals surface area contributed by atoms with Gasteiger partial charge in [0, 0.05) is 0 Å². The van der Waals surface area contributed by atoms with Crippen LogP contribution in [0.5, 0.6) is 0 Å². The van der Waals surface area contributed by atoms with Crippen molar-refractivity contribution in [3.63, 3.8) is 0 Å². The zero-order valence-corrected chi connectivity index (χ0v) is 16.2. The van der Waals surface area contributed by atoms with Crippen molar-refractivity contribution in [3.05, 3.63) is 35.9 Å². The first kappa shape index (κ1) is 22.9. The Bertz CT molecular complexity index is 585. The summed E-state index contributed by atoms with van der Waals surface area (Å²) < 4.78 is 15.8. The highest BCUT2D eigenvalue weighted by molar-refractivity contribution is 5.81. The molecular weight excluding hydrogens is 354 g/mol. The smallest absolute Gasteiger partial charge is 0.408 e. The van der Waals surface area contributed by atoms with E-state index in [9.17, 15) is 14.7 Å². The van der Waals surface area contributed by atoms with E-state index in [4.69, 9.17) is 19.3 Å². The molecule has 0 fully saturated rings. The summed E-state index contributed by atoms with van der Waals surface area (Å²) in [5.41, 5.74) is 0.176. The molecule has 0 saturated heterocycles. The summed E-state index contributed by atoms with van der Waals surface area (Å²) in [6.07, 6.45) is -2.95. The van der Waals surface area contributed by atoms with Crippen LogP contribution in [0.4, 0.5) is 4.79 Å². The number of esters is 1. The highest BCUT2D eigenvalue weighted by atomic mass is 16.6. The summed E-state index contributed by atoms with van der Waals surface area (Å²) in [5, 5.41) is 20.9. The summed E-state index contributed by atoms with van der Waals surface area (Å²) in [7, 11) is 0. The number of carbonyl (C=O) groups excluding carboxylic acids is 2. The minimum Gasteiger partial charge on any atom is -0.458 e. The van der Waals surface area contributed by atoms with E-state index in [1.807, 2.05) is 30.3 Å². The number of hydrogen-bond donors (Lipinski definition) is 3. The minimum atomic E-state index is -1.22. The highest BCUT2D eigenvalue weighted by Crippen LogP contribution is 2.09. The zero-order valence-electron chi connectivity index (χ0n) is 16.2. The summed E-state index contributed by atoms with van der Waals surface area (Å²) in [5.74, 6) is -0.797. The number of hydrogen-bond acceptors (Lipinski definition) is 7. The topological polar surface area (TPSA) is 114 Å². The Kier molecular flexibility index (Phi) is 9.20. The van der Waals surface area contributed by atoms with E-state index in [0.717, 1.165) is 5.56 Å². The normalized spacial score (nSPS) is 14.7. The molecule has 1 rings (SSSR count). The molecule has 0 unspecified atom stereocenters.